The molecule has 0 aliphatic heterocycles. The van der Waals surface area contributed by atoms with Crippen LogP contribution < -0.4 is 17.2 Å². The molecule has 5 heteroatoms. The van der Waals surface area contributed by atoms with E-state index in [0.717, 1.165) is 25.7 Å². The van der Waals surface area contributed by atoms with Gasteiger partial charge >= 0.3 is 0 Å². The highest BCUT2D eigenvalue weighted by atomic mass is 16.7. The van der Waals surface area contributed by atoms with Crippen LogP contribution in [0.3, 0.4) is 0 Å². The minimum atomic E-state index is -0.147. The summed E-state index contributed by atoms with van der Waals surface area (Å²) in [5.41, 5.74) is 16.2. The van der Waals surface area contributed by atoms with Crippen LogP contribution in [0.2, 0.25) is 0 Å². The van der Waals surface area contributed by atoms with Crippen molar-refractivity contribution in [1.82, 2.24) is 0 Å². The maximum atomic E-state index is 5.53. The van der Waals surface area contributed by atoms with Crippen LogP contribution in [0.15, 0.2) is 0 Å². The highest BCUT2D eigenvalue weighted by molar-refractivity contribution is 4.49. The largest absolute Gasteiger partial charge is 0.353 e. The first-order valence-corrected chi connectivity index (χ1v) is 5.68. The molecular formula is C10H25N3O2. The smallest absolute Gasteiger partial charge is 0.157 e. The third kappa shape index (κ3) is 10.1. The molecule has 0 radical (unpaired) electrons. The van der Waals surface area contributed by atoms with E-state index in [4.69, 9.17) is 26.7 Å². The highest BCUT2D eigenvalue weighted by Crippen LogP contribution is 2.05. The zero-order valence-corrected chi connectivity index (χ0v) is 9.49. The molecule has 5 nitrogen and oxygen atoms in total. The molecule has 0 atom stereocenters. The third-order valence-electron chi connectivity index (χ3n) is 1.95. The lowest BCUT2D eigenvalue weighted by molar-refractivity contribution is -0.146. The van der Waals surface area contributed by atoms with Crippen molar-refractivity contribution in [2.45, 2.75) is 32.0 Å². The summed E-state index contributed by atoms with van der Waals surface area (Å²) in [5, 5.41) is 0. The molecule has 0 unspecified atom stereocenters. The minimum Gasteiger partial charge on any atom is -0.353 e. The fraction of sp³-hybridized carbons (Fsp3) is 1.00. The van der Waals surface area contributed by atoms with Gasteiger partial charge < -0.3 is 26.7 Å². The Morgan fingerprint density at radius 3 is 1.60 bits per heavy atom. The summed E-state index contributed by atoms with van der Waals surface area (Å²) in [6.45, 7) is 3.25. The van der Waals surface area contributed by atoms with Crippen LogP contribution in [0.25, 0.3) is 0 Å². The molecule has 92 valence electrons. The summed E-state index contributed by atoms with van der Waals surface area (Å²) in [7, 11) is 0. The first kappa shape index (κ1) is 14.8. The van der Waals surface area contributed by atoms with Gasteiger partial charge in [0.05, 0.1) is 13.2 Å². The predicted molar refractivity (Wildman–Crippen MR) is 61.3 cm³/mol. The second-order valence-electron chi connectivity index (χ2n) is 3.39. The molecule has 0 fully saturated rings. The van der Waals surface area contributed by atoms with Gasteiger partial charge in [-0.3, -0.25) is 0 Å². The molecule has 0 aliphatic carbocycles. The van der Waals surface area contributed by atoms with Gasteiger partial charge in [0, 0.05) is 0 Å². The molecule has 0 saturated heterocycles. The van der Waals surface area contributed by atoms with Crippen molar-refractivity contribution in [3.8, 4) is 0 Å². The van der Waals surface area contributed by atoms with Crippen LogP contribution in [0.5, 0.6) is 0 Å². The summed E-state index contributed by atoms with van der Waals surface area (Å²) >= 11 is 0. The van der Waals surface area contributed by atoms with Gasteiger partial charge in [-0.25, -0.2) is 0 Å². The summed E-state index contributed by atoms with van der Waals surface area (Å²) in [5.74, 6) is 0. The first-order valence-electron chi connectivity index (χ1n) is 5.68. The van der Waals surface area contributed by atoms with Gasteiger partial charge in [-0.15, -0.1) is 0 Å². The van der Waals surface area contributed by atoms with E-state index in [1.54, 1.807) is 0 Å². The number of nitrogens with two attached hydrogens (primary N) is 3. The fourth-order valence-corrected chi connectivity index (χ4v) is 1.10. The van der Waals surface area contributed by atoms with Crippen molar-refractivity contribution in [3.05, 3.63) is 0 Å². The Morgan fingerprint density at radius 2 is 1.20 bits per heavy atom. The summed E-state index contributed by atoms with van der Waals surface area (Å²) in [4.78, 5) is 0. The molecule has 0 aliphatic rings. The van der Waals surface area contributed by atoms with Crippen molar-refractivity contribution >= 4 is 0 Å². The second kappa shape index (κ2) is 11.9. The zero-order valence-electron chi connectivity index (χ0n) is 9.49. The van der Waals surface area contributed by atoms with E-state index in [2.05, 4.69) is 0 Å². The molecule has 0 rings (SSSR count). The average molecular weight is 219 g/mol. The van der Waals surface area contributed by atoms with Crippen LogP contribution in [-0.4, -0.2) is 39.1 Å². The minimum absolute atomic E-state index is 0.147. The van der Waals surface area contributed by atoms with E-state index in [0.29, 0.717) is 32.8 Å². The van der Waals surface area contributed by atoms with Gasteiger partial charge in [0.15, 0.2) is 6.29 Å². The fourth-order valence-electron chi connectivity index (χ4n) is 1.10. The lowest BCUT2D eigenvalue weighted by Gasteiger charge is -2.18. The lowest BCUT2D eigenvalue weighted by Crippen LogP contribution is -2.21. The topological polar surface area (TPSA) is 96.5 Å². The predicted octanol–water partition coefficient (Wildman–Crippen LogP) is -0.218. The van der Waals surface area contributed by atoms with Gasteiger partial charge in [0.1, 0.15) is 0 Å². The van der Waals surface area contributed by atoms with Crippen LogP contribution >= 0.6 is 0 Å². The molecule has 0 aromatic carbocycles. The molecule has 0 heterocycles. The maximum Gasteiger partial charge on any atom is 0.157 e. The van der Waals surface area contributed by atoms with Crippen molar-refractivity contribution in [2.75, 3.05) is 32.8 Å². The van der Waals surface area contributed by atoms with Crippen molar-refractivity contribution in [3.63, 3.8) is 0 Å². The van der Waals surface area contributed by atoms with Gasteiger partial charge in [-0.1, -0.05) is 0 Å². The van der Waals surface area contributed by atoms with Crippen LogP contribution in [0.4, 0.5) is 0 Å². The molecule has 6 N–H and O–H groups in total. The van der Waals surface area contributed by atoms with Gasteiger partial charge in [0.2, 0.25) is 0 Å². The number of hydrogen-bond donors (Lipinski definition) is 3. The number of ether oxygens (including phenoxy) is 2. The third-order valence-corrected chi connectivity index (χ3v) is 1.95. The summed E-state index contributed by atoms with van der Waals surface area (Å²) in [6, 6.07) is 0. The maximum absolute atomic E-state index is 5.53. The van der Waals surface area contributed by atoms with Crippen molar-refractivity contribution in [1.29, 1.82) is 0 Å². The quantitative estimate of drug-likeness (QED) is 0.330. The Bertz CT molecular complexity index is 115. The summed E-state index contributed by atoms with van der Waals surface area (Å²) < 4.78 is 11.1. The Hall–Kier alpha value is -0.200. The Balaban J connectivity index is 3.53. The van der Waals surface area contributed by atoms with Crippen molar-refractivity contribution in [2.24, 2.45) is 17.2 Å². The molecule has 0 amide bonds. The molecule has 0 bridgehead atoms. The van der Waals surface area contributed by atoms with E-state index in [1.165, 1.54) is 0 Å². The van der Waals surface area contributed by atoms with Gasteiger partial charge in [-0.05, 0) is 45.3 Å². The molecule has 15 heavy (non-hydrogen) atoms. The van der Waals surface area contributed by atoms with E-state index < -0.39 is 0 Å². The van der Waals surface area contributed by atoms with Crippen LogP contribution in [0.1, 0.15) is 25.7 Å². The normalized spacial score (nSPS) is 11.2. The summed E-state index contributed by atoms with van der Waals surface area (Å²) in [6.07, 6.45) is 3.33. The lowest BCUT2D eigenvalue weighted by atomic mass is 10.3. The molecule has 0 spiro atoms. The first-order chi connectivity index (χ1) is 7.35. The number of hydrogen-bond acceptors (Lipinski definition) is 5. The van der Waals surface area contributed by atoms with Crippen LogP contribution in [-0.2, 0) is 9.47 Å². The monoisotopic (exact) mass is 219 g/mol. The van der Waals surface area contributed by atoms with E-state index in [1.807, 2.05) is 0 Å². The Morgan fingerprint density at radius 1 is 0.733 bits per heavy atom. The molecular weight excluding hydrogens is 194 g/mol. The standard InChI is InChI=1S/C10H25N3O2/c11-5-1-4-10(14-8-2-6-12)15-9-3-7-13/h10H,1-9,11-13H2. The molecule has 0 aromatic heterocycles. The van der Waals surface area contributed by atoms with E-state index in [-0.39, 0.29) is 6.29 Å². The molecule has 0 saturated carbocycles. The average Bonchev–Trinajstić information content (AvgIpc) is 2.25. The SMILES string of the molecule is NCCCOC(CCCN)OCCCN. The van der Waals surface area contributed by atoms with Gasteiger partial charge in [0.25, 0.3) is 0 Å². The Labute approximate surface area is 92.3 Å². The van der Waals surface area contributed by atoms with E-state index >= 15 is 0 Å². The van der Waals surface area contributed by atoms with Crippen molar-refractivity contribution < 1.29 is 9.47 Å². The second-order valence-corrected chi connectivity index (χ2v) is 3.39. The highest BCUT2D eigenvalue weighted by Gasteiger charge is 2.07. The Kier molecular flexibility index (Phi) is 11.7. The zero-order chi connectivity index (χ0) is 11.4. The number of rotatable bonds is 11. The van der Waals surface area contributed by atoms with E-state index in [9.17, 15) is 0 Å². The molecule has 0 aromatic rings. The van der Waals surface area contributed by atoms with Gasteiger partial charge in [-0.2, -0.15) is 0 Å². The van der Waals surface area contributed by atoms with Crippen LogP contribution in [0, 0.1) is 0 Å².